The standard InChI is InChI=1S/C33H38N2OSi/c1-24-23-35(21-20-34-24)30-19-18-25-22-31(29-17-11-16-28(30)32(25)29)36-37(33(2,3)4,26-12-7-5-8-13-26)27-14-9-6-10-15-27/h5-19,24,31,34H,20-23H2,1-4H3. The van der Waals surface area contributed by atoms with Crippen molar-refractivity contribution in [1.82, 2.24) is 5.32 Å². The maximum absolute atomic E-state index is 7.63. The summed E-state index contributed by atoms with van der Waals surface area (Å²) < 4.78 is 7.63. The predicted molar refractivity (Wildman–Crippen MR) is 159 cm³/mol. The largest absolute Gasteiger partial charge is 0.400 e. The maximum Gasteiger partial charge on any atom is 0.261 e. The van der Waals surface area contributed by atoms with Crippen molar-refractivity contribution in [1.29, 1.82) is 0 Å². The van der Waals surface area contributed by atoms with Crippen LogP contribution in [0.1, 0.15) is 44.9 Å². The van der Waals surface area contributed by atoms with Gasteiger partial charge in [0.15, 0.2) is 0 Å². The Balaban J connectivity index is 1.48. The summed E-state index contributed by atoms with van der Waals surface area (Å²) in [5.74, 6) is 0. The van der Waals surface area contributed by atoms with Crippen molar-refractivity contribution >= 4 is 35.2 Å². The summed E-state index contributed by atoms with van der Waals surface area (Å²) in [4.78, 5) is 2.56. The smallest absolute Gasteiger partial charge is 0.261 e. The topological polar surface area (TPSA) is 24.5 Å². The van der Waals surface area contributed by atoms with E-state index in [1.165, 1.54) is 38.0 Å². The number of hydrogen-bond acceptors (Lipinski definition) is 3. The van der Waals surface area contributed by atoms with Crippen LogP contribution in [-0.4, -0.2) is 34.0 Å². The van der Waals surface area contributed by atoms with Crippen molar-refractivity contribution in [3.63, 3.8) is 0 Å². The highest BCUT2D eigenvalue weighted by atomic mass is 28.4. The third-order valence-corrected chi connectivity index (χ3v) is 13.4. The zero-order chi connectivity index (χ0) is 25.6. The monoisotopic (exact) mass is 506 g/mol. The lowest BCUT2D eigenvalue weighted by atomic mass is 10.0. The van der Waals surface area contributed by atoms with Crippen LogP contribution in [0.4, 0.5) is 5.69 Å². The second-order valence-electron chi connectivity index (χ2n) is 11.8. The van der Waals surface area contributed by atoms with Crippen LogP contribution in [0.25, 0.3) is 10.8 Å². The molecular formula is C33H38N2OSi. The van der Waals surface area contributed by atoms with E-state index in [-0.39, 0.29) is 11.1 Å². The Labute approximate surface area is 222 Å². The average molecular weight is 507 g/mol. The van der Waals surface area contributed by atoms with Crippen LogP contribution >= 0.6 is 0 Å². The minimum atomic E-state index is -2.64. The summed E-state index contributed by atoms with van der Waals surface area (Å²) in [7, 11) is -2.64. The summed E-state index contributed by atoms with van der Waals surface area (Å²) >= 11 is 0. The number of piperazine rings is 1. The molecular weight excluding hydrogens is 468 g/mol. The van der Waals surface area contributed by atoms with Gasteiger partial charge < -0.3 is 14.6 Å². The van der Waals surface area contributed by atoms with Crippen LogP contribution in [0.3, 0.4) is 0 Å². The SMILES string of the molecule is CC1CN(c2ccc3c4c(cccc24)C(O[Si](c2ccccc2)(c2ccccc2)C(C)(C)C)C3)CCN1. The van der Waals surface area contributed by atoms with Gasteiger partial charge in [0.2, 0.25) is 0 Å². The highest BCUT2D eigenvalue weighted by Crippen LogP contribution is 2.46. The second-order valence-corrected chi connectivity index (χ2v) is 16.0. The predicted octanol–water partition coefficient (Wildman–Crippen LogP) is 5.81. The zero-order valence-corrected chi connectivity index (χ0v) is 23.5. The summed E-state index contributed by atoms with van der Waals surface area (Å²) in [5.41, 5.74) is 4.13. The first-order valence-corrected chi connectivity index (χ1v) is 15.6. The molecule has 0 amide bonds. The highest BCUT2D eigenvalue weighted by molar-refractivity contribution is 6.99. The van der Waals surface area contributed by atoms with Gasteiger partial charge in [-0.25, -0.2) is 0 Å². The molecule has 190 valence electrons. The molecule has 37 heavy (non-hydrogen) atoms. The molecule has 4 aromatic carbocycles. The van der Waals surface area contributed by atoms with E-state index in [0.717, 1.165) is 26.1 Å². The molecule has 1 heterocycles. The van der Waals surface area contributed by atoms with Gasteiger partial charge in [-0.3, -0.25) is 0 Å². The molecule has 1 aliphatic heterocycles. The van der Waals surface area contributed by atoms with E-state index < -0.39 is 8.32 Å². The fourth-order valence-corrected chi connectivity index (χ4v) is 11.3. The van der Waals surface area contributed by atoms with Crippen molar-refractivity contribution in [3.8, 4) is 0 Å². The lowest BCUT2D eigenvalue weighted by Gasteiger charge is -2.44. The van der Waals surface area contributed by atoms with Crippen molar-refractivity contribution in [2.45, 2.75) is 51.3 Å². The molecule has 2 atom stereocenters. The summed E-state index contributed by atoms with van der Waals surface area (Å²) in [6, 6.07) is 34.1. The quantitative estimate of drug-likeness (QED) is 0.346. The Morgan fingerprint density at radius 1 is 0.838 bits per heavy atom. The van der Waals surface area contributed by atoms with Gasteiger partial charge in [-0.1, -0.05) is 106 Å². The Morgan fingerprint density at radius 3 is 2.14 bits per heavy atom. The number of hydrogen-bond donors (Lipinski definition) is 1. The molecule has 0 aromatic heterocycles. The van der Waals surface area contributed by atoms with Gasteiger partial charge in [0.1, 0.15) is 0 Å². The number of rotatable bonds is 5. The molecule has 0 saturated carbocycles. The lowest BCUT2D eigenvalue weighted by molar-refractivity contribution is 0.198. The third kappa shape index (κ3) is 4.12. The van der Waals surface area contributed by atoms with E-state index in [1.54, 1.807) is 0 Å². The second kappa shape index (κ2) is 9.43. The van der Waals surface area contributed by atoms with E-state index >= 15 is 0 Å². The number of anilines is 1. The molecule has 4 heteroatoms. The van der Waals surface area contributed by atoms with Crippen molar-refractivity contribution < 1.29 is 4.43 Å². The molecule has 0 spiro atoms. The van der Waals surface area contributed by atoms with Crippen LogP contribution in [0.2, 0.25) is 5.04 Å². The lowest BCUT2D eigenvalue weighted by Crippen LogP contribution is -2.66. The fraction of sp³-hybridized carbons (Fsp3) is 0.333. The summed E-state index contributed by atoms with van der Waals surface area (Å²) in [5, 5.41) is 9.01. The number of benzene rings is 4. The van der Waals surface area contributed by atoms with Crippen molar-refractivity contribution in [3.05, 3.63) is 102 Å². The molecule has 6 rings (SSSR count). The molecule has 3 nitrogen and oxygen atoms in total. The fourth-order valence-electron chi connectivity index (χ4n) is 6.68. The van der Waals surface area contributed by atoms with Crippen LogP contribution in [0.15, 0.2) is 91.0 Å². The molecule has 2 aliphatic rings. The van der Waals surface area contributed by atoms with Gasteiger partial charge in [-0.15, -0.1) is 0 Å². The summed E-state index contributed by atoms with van der Waals surface area (Å²) in [6.45, 7) is 12.5. The minimum Gasteiger partial charge on any atom is -0.400 e. The summed E-state index contributed by atoms with van der Waals surface area (Å²) in [6.07, 6.45) is 0.973. The average Bonchev–Trinajstić information content (AvgIpc) is 3.26. The molecule has 2 unspecified atom stereocenters. The Morgan fingerprint density at radius 2 is 1.51 bits per heavy atom. The molecule has 0 bridgehead atoms. The third-order valence-electron chi connectivity index (χ3n) is 8.33. The molecule has 4 aromatic rings. The first-order valence-electron chi connectivity index (χ1n) is 13.7. The normalized spacial score (nSPS) is 19.9. The van der Waals surface area contributed by atoms with Crippen LogP contribution < -0.4 is 20.6 Å². The van der Waals surface area contributed by atoms with E-state index in [9.17, 15) is 0 Å². The van der Waals surface area contributed by atoms with Crippen molar-refractivity contribution in [2.24, 2.45) is 0 Å². The first kappa shape index (κ1) is 24.4. The highest BCUT2D eigenvalue weighted by Gasteiger charge is 2.52. The van der Waals surface area contributed by atoms with Crippen LogP contribution in [0.5, 0.6) is 0 Å². The molecule has 1 fully saturated rings. The first-order chi connectivity index (χ1) is 17.9. The van der Waals surface area contributed by atoms with E-state index in [4.69, 9.17) is 4.43 Å². The van der Waals surface area contributed by atoms with Gasteiger partial charge in [0, 0.05) is 43.2 Å². The number of nitrogens with zero attached hydrogens (tertiary/aromatic N) is 1. The van der Waals surface area contributed by atoms with Gasteiger partial charge in [0.25, 0.3) is 8.32 Å². The molecule has 0 radical (unpaired) electrons. The van der Waals surface area contributed by atoms with E-state index in [2.05, 4.69) is 129 Å². The number of nitrogens with one attached hydrogen (secondary N) is 1. The Hall–Kier alpha value is -2.92. The van der Waals surface area contributed by atoms with Crippen LogP contribution in [0, 0.1) is 0 Å². The molecule has 1 saturated heterocycles. The molecule has 1 aliphatic carbocycles. The van der Waals surface area contributed by atoms with Crippen LogP contribution in [-0.2, 0) is 10.8 Å². The molecule has 1 N–H and O–H groups in total. The van der Waals surface area contributed by atoms with Gasteiger partial charge in [-0.05, 0) is 44.9 Å². The Kier molecular flexibility index (Phi) is 6.22. The van der Waals surface area contributed by atoms with Gasteiger partial charge in [0.05, 0.1) is 6.10 Å². The minimum absolute atomic E-state index is 0.0412. The van der Waals surface area contributed by atoms with Crippen molar-refractivity contribution in [2.75, 3.05) is 24.5 Å². The zero-order valence-electron chi connectivity index (χ0n) is 22.5. The van der Waals surface area contributed by atoms with E-state index in [0.29, 0.717) is 6.04 Å². The Bertz CT molecular complexity index is 1360. The maximum atomic E-state index is 7.63. The van der Waals surface area contributed by atoms with E-state index in [1.807, 2.05) is 0 Å². The van der Waals surface area contributed by atoms with Gasteiger partial charge in [-0.2, -0.15) is 0 Å². The van der Waals surface area contributed by atoms with Gasteiger partial charge >= 0.3 is 0 Å².